The molecule has 3 fully saturated rings. The Balaban J connectivity index is 1.27. The van der Waals surface area contributed by atoms with Gasteiger partial charge in [-0.25, -0.2) is 0 Å². The number of nitrogens with one attached hydrogen (secondary N) is 2. The van der Waals surface area contributed by atoms with Crippen LogP contribution in [0, 0.1) is 18.3 Å². The molecule has 0 bridgehead atoms. The standard InChI is InChI=1S/C33H41N3O4/c1-20-29(23-10-6-7-11-25(23)34-20)30-24(32(30,2)3)19-28(37)36(21-12-13-21)33(16-8-9-17-33)31(38)35-26-15-14-22(39-4)18-27(26)40-5/h6-7,10-11,14-15,18,21,24,30,34H,8-9,12-13,16-17,19H2,1-5H3,(H,35,38)/t24-,30+/m1/s1. The molecule has 3 aliphatic rings. The summed E-state index contributed by atoms with van der Waals surface area (Å²) in [5.74, 6) is 1.77. The summed E-state index contributed by atoms with van der Waals surface area (Å²) < 4.78 is 10.9. The van der Waals surface area contributed by atoms with Gasteiger partial charge in [0.2, 0.25) is 11.8 Å². The minimum absolute atomic E-state index is 0.0160. The number of aromatic amines is 1. The van der Waals surface area contributed by atoms with E-state index in [-0.39, 0.29) is 29.2 Å². The van der Waals surface area contributed by atoms with Crippen molar-refractivity contribution in [1.29, 1.82) is 0 Å². The first-order valence-electron chi connectivity index (χ1n) is 14.6. The number of carbonyl (C=O) groups is 2. The lowest BCUT2D eigenvalue weighted by molar-refractivity contribution is -0.146. The Kier molecular flexibility index (Phi) is 6.59. The molecule has 0 aliphatic heterocycles. The highest BCUT2D eigenvalue weighted by Crippen LogP contribution is 2.67. The smallest absolute Gasteiger partial charge is 0.250 e. The molecule has 7 nitrogen and oxygen atoms in total. The van der Waals surface area contributed by atoms with Gasteiger partial charge in [0.1, 0.15) is 17.0 Å². The Bertz CT molecular complexity index is 1450. The van der Waals surface area contributed by atoms with E-state index in [0.717, 1.165) is 31.2 Å². The van der Waals surface area contributed by atoms with E-state index >= 15 is 0 Å². The number of amides is 2. The number of benzene rings is 2. The summed E-state index contributed by atoms with van der Waals surface area (Å²) >= 11 is 0. The molecule has 3 aromatic rings. The molecule has 2 N–H and O–H groups in total. The number of fused-ring (bicyclic) bond motifs is 1. The van der Waals surface area contributed by atoms with Gasteiger partial charge in [-0.2, -0.15) is 0 Å². The first-order chi connectivity index (χ1) is 19.2. The zero-order chi connectivity index (χ0) is 28.2. The van der Waals surface area contributed by atoms with Gasteiger partial charge < -0.3 is 24.7 Å². The van der Waals surface area contributed by atoms with Crippen LogP contribution in [0.1, 0.15) is 76.0 Å². The highest BCUT2D eigenvalue weighted by molar-refractivity contribution is 6.02. The van der Waals surface area contributed by atoms with Gasteiger partial charge in [-0.1, -0.05) is 44.9 Å². The number of hydrogen-bond acceptors (Lipinski definition) is 4. The molecule has 6 rings (SSSR count). The van der Waals surface area contributed by atoms with Crippen molar-refractivity contribution in [3.05, 3.63) is 53.7 Å². The van der Waals surface area contributed by atoms with Crippen molar-refractivity contribution < 1.29 is 19.1 Å². The summed E-state index contributed by atoms with van der Waals surface area (Å²) in [4.78, 5) is 34.0. The van der Waals surface area contributed by atoms with Crippen molar-refractivity contribution in [2.24, 2.45) is 11.3 Å². The summed E-state index contributed by atoms with van der Waals surface area (Å²) in [5.41, 5.74) is 3.47. The predicted molar refractivity (Wildman–Crippen MR) is 157 cm³/mol. The first kappa shape index (κ1) is 26.7. The fourth-order valence-corrected chi connectivity index (χ4v) is 7.49. The Labute approximate surface area is 236 Å². The van der Waals surface area contributed by atoms with Crippen LogP contribution in [0.5, 0.6) is 11.5 Å². The summed E-state index contributed by atoms with van der Waals surface area (Å²) in [5, 5.41) is 4.40. The largest absolute Gasteiger partial charge is 0.497 e. The zero-order valence-electron chi connectivity index (χ0n) is 24.3. The van der Waals surface area contributed by atoms with E-state index in [1.807, 2.05) is 17.0 Å². The van der Waals surface area contributed by atoms with Gasteiger partial charge in [-0.3, -0.25) is 9.59 Å². The van der Waals surface area contributed by atoms with Gasteiger partial charge in [-0.15, -0.1) is 0 Å². The van der Waals surface area contributed by atoms with Gasteiger partial charge in [0.05, 0.1) is 19.9 Å². The van der Waals surface area contributed by atoms with E-state index < -0.39 is 5.54 Å². The Morgan fingerprint density at radius 1 is 1.05 bits per heavy atom. The third-order valence-electron chi connectivity index (χ3n) is 9.85. The highest BCUT2D eigenvalue weighted by Gasteiger charge is 2.61. The number of H-pyrrole nitrogens is 1. The molecular weight excluding hydrogens is 502 g/mol. The van der Waals surface area contributed by atoms with Crippen molar-refractivity contribution in [3.63, 3.8) is 0 Å². The molecule has 2 aromatic carbocycles. The molecule has 0 unspecified atom stereocenters. The molecule has 1 heterocycles. The Hall–Kier alpha value is -3.48. The van der Waals surface area contributed by atoms with E-state index in [1.54, 1.807) is 20.3 Å². The van der Waals surface area contributed by atoms with E-state index in [0.29, 0.717) is 42.4 Å². The summed E-state index contributed by atoms with van der Waals surface area (Å²) in [6, 6.07) is 14.0. The summed E-state index contributed by atoms with van der Waals surface area (Å²) in [7, 11) is 3.18. The van der Waals surface area contributed by atoms with Crippen LogP contribution in [0.4, 0.5) is 5.69 Å². The van der Waals surface area contributed by atoms with Crippen LogP contribution in [-0.2, 0) is 9.59 Å². The Morgan fingerprint density at radius 2 is 1.77 bits per heavy atom. The number of para-hydroxylation sites is 1. The normalized spacial score (nSPS) is 22.6. The quantitative estimate of drug-likeness (QED) is 0.320. The molecule has 40 heavy (non-hydrogen) atoms. The maximum Gasteiger partial charge on any atom is 0.250 e. The average Bonchev–Trinajstić information content (AvgIpc) is 3.73. The second-order valence-electron chi connectivity index (χ2n) is 12.6. The van der Waals surface area contributed by atoms with Crippen LogP contribution in [0.2, 0.25) is 0 Å². The second-order valence-corrected chi connectivity index (χ2v) is 12.6. The molecule has 0 saturated heterocycles. The van der Waals surface area contributed by atoms with E-state index in [1.165, 1.54) is 16.6 Å². The Morgan fingerprint density at radius 3 is 2.45 bits per heavy atom. The molecule has 2 atom stereocenters. The van der Waals surface area contributed by atoms with Crippen molar-refractivity contribution in [2.75, 3.05) is 19.5 Å². The van der Waals surface area contributed by atoms with Crippen molar-refractivity contribution >= 4 is 28.4 Å². The number of aryl methyl sites for hydroxylation is 1. The van der Waals surface area contributed by atoms with Gasteiger partial charge in [-0.05, 0) is 73.6 Å². The van der Waals surface area contributed by atoms with Gasteiger partial charge in [0.25, 0.3) is 0 Å². The van der Waals surface area contributed by atoms with Gasteiger partial charge in [0.15, 0.2) is 0 Å². The van der Waals surface area contributed by atoms with E-state index in [4.69, 9.17) is 9.47 Å². The lowest BCUT2D eigenvalue weighted by atomic mass is 9.91. The van der Waals surface area contributed by atoms with Crippen LogP contribution in [-0.4, -0.2) is 47.5 Å². The molecule has 0 radical (unpaired) electrons. The SMILES string of the molecule is COc1ccc(NC(=O)C2(N(C(=O)C[C@@H]3[C@@H](c4c(C)[nH]c5ccccc45)C3(C)C)C3CC3)CCCC2)c(OC)c1. The number of aromatic nitrogens is 1. The van der Waals surface area contributed by atoms with Crippen LogP contribution >= 0.6 is 0 Å². The first-order valence-corrected chi connectivity index (χ1v) is 14.6. The fraction of sp³-hybridized carbons (Fsp3) is 0.515. The monoisotopic (exact) mass is 543 g/mol. The van der Waals surface area contributed by atoms with E-state index in [2.05, 4.69) is 55.3 Å². The van der Waals surface area contributed by atoms with Crippen LogP contribution in [0.25, 0.3) is 10.9 Å². The number of nitrogens with zero attached hydrogens (tertiary/aromatic N) is 1. The van der Waals surface area contributed by atoms with Crippen LogP contribution in [0.15, 0.2) is 42.5 Å². The van der Waals surface area contributed by atoms with Crippen molar-refractivity contribution in [1.82, 2.24) is 9.88 Å². The fourth-order valence-electron chi connectivity index (χ4n) is 7.49. The number of carbonyl (C=O) groups excluding carboxylic acids is 2. The molecule has 0 spiro atoms. The maximum absolute atomic E-state index is 14.3. The van der Waals surface area contributed by atoms with Gasteiger partial charge >= 0.3 is 0 Å². The molecule has 1 aromatic heterocycles. The topological polar surface area (TPSA) is 83.7 Å². The average molecular weight is 544 g/mol. The molecule has 7 heteroatoms. The van der Waals surface area contributed by atoms with Crippen LogP contribution < -0.4 is 14.8 Å². The molecule has 3 saturated carbocycles. The van der Waals surface area contributed by atoms with Crippen molar-refractivity contribution in [3.8, 4) is 11.5 Å². The predicted octanol–water partition coefficient (Wildman–Crippen LogP) is 6.57. The molecule has 3 aliphatic carbocycles. The van der Waals surface area contributed by atoms with Gasteiger partial charge in [0, 0.05) is 35.1 Å². The lowest BCUT2D eigenvalue weighted by Crippen LogP contribution is -2.58. The molecule has 2 amide bonds. The number of rotatable bonds is 9. The molecular formula is C33H41N3O4. The number of methoxy groups -OCH3 is 2. The minimum atomic E-state index is -0.825. The van der Waals surface area contributed by atoms with E-state index in [9.17, 15) is 9.59 Å². The van der Waals surface area contributed by atoms with Crippen LogP contribution in [0.3, 0.4) is 0 Å². The summed E-state index contributed by atoms with van der Waals surface area (Å²) in [6.45, 7) is 6.71. The number of hydrogen-bond donors (Lipinski definition) is 2. The second kappa shape index (κ2) is 9.86. The molecule has 212 valence electrons. The summed E-state index contributed by atoms with van der Waals surface area (Å²) in [6.07, 6.45) is 5.66. The third kappa shape index (κ3) is 4.34. The minimum Gasteiger partial charge on any atom is -0.497 e. The third-order valence-corrected chi connectivity index (χ3v) is 9.85. The number of anilines is 1. The van der Waals surface area contributed by atoms with Crippen molar-refractivity contribution in [2.45, 2.75) is 83.2 Å². The maximum atomic E-state index is 14.3. The highest BCUT2D eigenvalue weighted by atomic mass is 16.5. The number of ether oxygens (including phenoxy) is 2. The zero-order valence-corrected chi connectivity index (χ0v) is 24.3. The lowest BCUT2D eigenvalue weighted by Gasteiger charge is -2.41.